The molecule has 2 rings (SSSR count). The van der Waals surface area contributed by atoms with E-state index in [-0.39, 0.29) is 11.7 Å². The molecule has 1 amide bonds. The number of amides is 1. The Balaban J connectivity index is 0.000000741. The molecular formula is C16H33NO2. The van der Waals surface area contributed by atoms with Crippen molar-refractivity contribution in [1.82, 2.24) is 4.90 Å². The highest BCUT2D eigenvalue weighted by atomic mass is 16.6. The lowest BCUT2D eigenvalue weighted by Crippen LogP contribution is -2.63. The van der Waals surface area contributed by atoms with Crippen LogP contribution in [0.5, 0.6) is 0 Å². The van der Waals surface area contributed by atoms with E-state index in [1.165, 1.54) is 12.8 Å². The van der Waals surface area contributed by atoms with Gasteiger partial charge in [-0.05, 0) is 39.5 Å². The Morgan fingerprint density at radius 1 is 1.11 bits per heavy atom. The van der Waals surface area contributed by atoms with E-state index in [0.717, 1.165) is 19.0 Å². The van der Waals surface area contributed by atoms with Crippen LogP contribution in [0.4, 0.5) is 4.79 Å². The van der Waals surface area contributed by atoms with Gasteiger partial charge in [0, 0.05) is 18.5 Å². The van der Waals surface area contributed by atoms with E-state index >= 15 is 0 Å². The zero-order chi connectivity index (χ0) is 15.3. The fourth-order valence-electron chi connectivity index (χ4n) is 2.90. The Morgan fingerprint density at radius 2 is 1.53 bits per heavy atom. The lowest BCUT2D eigenvalue weighted by atomic mass is 9.58. The molecule has 1 spiro atoms. The van der Waals surface area contributed by atoms with Crippen molar-refractivity contribution in [2.24, 2.45) is 11.3 Å². The van der Waals surface area contributed by atoms with Crippen molar-refractivity contribution in [3.63, 3.8) is 0 Å². The van der Waals surface area contributed by atoms with E-state index < -0.39 is 0 Å². The Morgan fingerprint density at radius 3 is 1.84 bits per heavy atom. The lowest BCUT2D eigenvalue weighted by Gasteiger charge is -2.58. The first-order valence-electron chi connectivity index (χ1n) is 7.78. The van der Waals surface area contributed by atoms with E-state index in [9.17, 15) is 4.79 Å². The summed E-state index contributed by atoms with van der Waals surface area (Å²) in [6.45, 7) is 17.8. The van der Waals surface area contributed by atoms with Gasteiger partial charge in [0.2, 0.25) is 0 Å². The molecule has 0 radical (unpaired) electrons. The summed E-state index contributed by atoms with van der Waals surface area (Å²) in [5.41, 5.74) is 0.100. The molecule has 3 heteroatoms. The van der Waals surface area contributed by atoms with Crippen LogP contribution < -0.4 is 0 Å². The van der Waals surface area contributed by atoms with E-state index in [2.05, 4.69) is 6.92 Å². The van der Waals surface area contributed by atoms with Crippen molar-refractivity contribution >= 4 is 6.09 Å². The second-order valence-electron chi connectivity index (χ2n) is 6.35. The van der Waals surface area contributed by atoms with Crippen LogP contribution in [-0.4, -0.2) is 29.7 Å². The molecule has 0 atom stereocenters. The molecule has 2 aliphatic rings. The maximum absolute atomic E-state index is 11.7. The van der Waals surface area contributed by atoms with Gasteiger partial charge < -0.3 is 9.64 Å². The lowest BCUT2D eigenvalue weighted by molar-refractivity contribution is -0.0909. The average Bonchev–Trinajstić information content (AvgIpc) is 2.24. The van der Waals surface area contributed by atoms with E-state index in [0.29, 0.717) is 5.41 Å². The minimum Gasteiger partial charge on any atom is -0.444 e. The van der Waals surface area contributed by atoms with Crippen molar-refractivity contribution in [1.29, 1.82) is 0 Å². The molecule has 1 aliphatic heterocycles. The zero-order valence-electron chi connectivity index (χ0n) is 14.2. The Hall–Kier alpha value is -0.730. The molecule has 0 aromatic rings. The highest BCUT2D eigenvalue weighted by Gasteiger charge is 2.52. The number of hydrogen-bond donors (Lipinski definition) is 0. The predicted molar refractivity (Wildman–Crippen MR) is 81.3 cm³/mol. The summed E-state index contributed by atoms with van der Waals surface area (Å²) in [6, 6.07) is 0. The summed E-state index contributed by atoms with van der Waals surface area (Å²) < 4.78 is 5.32. The van der Waals surface area contributed by atoms with Crippen molar-refractivity contribution in [3.8, 4) is 0 Å². The molecule has 1 saturated heterocycles. The first-order valence-corrected chi connectivity index (χ1v) is 7.78. The van der Waals surface area contributed by atoms with Gasteiger partial charge in [-0.25, -0.2) is 4.79 Å². The molecule has 3 nitrogen and oxygen atoms in total. The molecule has 0 aromatic carbocycles. The van der Waals surface area contributed by atoms with Gasteiger partial charge in [0.1, 0.15) is 5.60 Å². The Labute approximate surface area is 119 Å². The van der Waals surface area contributed by atoms with Crippen LogP contribution in [0.1, 0.15) is 68.2 Å². The molecule has 114 valence electrons. The number of ether oxygens (including phenoxy) is 1. The fourth-order valence-corrected chi connectivity index (χ4v) is 2.90. The molecule has 1 heterocycles. The molecule has 2 fully saturated rings. The van der Waals surface area contributed by atoms with E-state index in [1.807, 2.05) is 53.4 Å². The molecule has 19 heavy (non-hydrogen) atoms. The van der Waals surface area contributed by atoms with Gasteiger partial charge in [-0.2, -0.15) is 0 Å². The quantitative estimate of drug-likeness (QED) is 0.639. The molecule has 0 aromatic heterocycles. The smallest absolute Gasteiger partial charge is 0.410 e. The zero-order valence-corrected chi connectivity index (χ0v) is 14.2. The molecule has 0 bridgehead atoms. The molecular weight excluding hydrogens is 238 g/mol. The van der Waals surface area contributed by atoms with Crippen molar-refractivity contribution in [2.45, 2.75) is 73.8 Å². The number of carbonyl (C=O) groups is 1. The van der Waals surface area contributed by atoms with Crippen LogP contribution in [0, 0.1) is 11.3 Å². The maximum Gasteiger partial charge on any atom is 0.410 e. The summed E-state index contributed by atoms with van der Waals surface area (Å²) in [6.07, 6.45) is 2.42. The molecule has 0 unspecified atom stereocenters. The van der Waals surface area contributed by atoms with Gasteiger partial charge in [0.05, 0.1) is 0 Å². The first kappa shape index (κ1) is 18.3. The summed E-state index contributed by atoms with van der Waals surface area (Å²) >= 11 is 0. The third-order valence-corrected chi connectivity index (χ3v) is 3.27. The van der Waals surface area contributed by atoms with Crippen LogP contribution in [0.3, 0.4) is 0 Å². The SMILES string of the molecule is CC.CC.CC1CC2(C1)CN(C(=O)OC(C)(C)C)C2. The van der Waals surface area contributed by atoms with Crippen LogP contribution in [0.15, 0.2) is 0 Å². The molecule has 0 N–H and O–H groups in total. The van der Waals surface area contributed by atoms with Crippen LogP contribution in [0.2, 0.25) is 0 Å². The minimum atomic E-state index is -0.368. The van der Waals surface area contributed by atoms with Gasteiger partial charge in [0.25, 0.3) is 0 Å². The first-order chi connectivity index (χ1) is 8.80. The number of carbonyl (C=O) groups excluding carboxylic acids is 1. The van der Waals surface area contributed by atoms with Gasteiger partial charge in [0.15, 0.2) is 0 Å². The number of rotatable bonds is 0. The Kier molecular flexibility index (Phi) is 6.88. The topological polar surface area (TPSA) is 29.5 Å². The standard InChI is InChI=1S/C12H21NO2.2C2H6/c1-9-5-12(6-9)7-13(8-12)10(14)15-11(2,3)4;2*1-2/h9H,5-8H2,1-4H3;2*1-2H3. The second-order valence-corrected chi connectivity index (χ2v) is 6.35. The summed E-state index contributed by atoms with van der Waals surface area (Å²) in [5.74, 6) is 0.853. The van der Waals surface area contributed by atoms with Crippen LogP contribution in [0.25, 0.3) is 0 Å². The minimum absolute atomic E-state index is 0.146. The number of likely N-dealkylation sites (tertiary alicyclic amines) is 1. The van der Waals surface area contributed by atoms with Crippen LogP contribution in [-0.2, 0) is 4.74 Å². The predicted octanol–water partition coefficient (Wildman–Crippen LogP) is 4.71. The fraction of sp³-hybridized carbons (Fsp3) is 0.938. The monoisotopic (exact) mass is 271 g/mol. The van der Waals surface area contributed by atoms with Gasteiger partial charge >= 0.3 is 6.09 Å². The van der Waals surface area contributed by atoms with Gasteiger partial charge in [-0.15, -0.1) is 0 Å². The van der Waals surface area contributed by atoms with E-state index in [4.69, 9.17) is 4.74 Å². The summed E-state index contributed by atoms with van der Waals surface area (Å²) in [5, 5.41) is 0. The summed E-state index contributed by atoms with van der Waals surface area (Å²) in [7, 11) is 0. The van der Waals surface area contributed by atoms with Gasteiger partial charge in [-0.3, -0.25) is 0 Å². The third kappa shape index (κ3) is 5.04. The molecule has 1 saturated carbocycles. The largest absolute Gasteiger partial charge is 0.444 e. The average molecular weight is 271 g/mol. The number of hydrogen-bond acceptors (Lipinski definition) is 2. The van der Waals surface area contributed by atoms with E-state index in [1.54, 1.807) is 0 Å². The second kappa shape index (κ2) is 7.16. The third-order valence-electron chi connectivity index (χ3n) is 3.27. The van der Waals surface area contributed by atoms with Gasteiger partial charge in [-0.1, -0.05) is 34.6 Å². The van der Waals surface area contributed by atoms with Crippen molar-refractivity contribution < 1.29 is 9.53 Å². The maximum atomic E-state index is 11.7. The highest BCUT2D eigenvalue weighted by molar-refractivity contribution is 5.69. The van der Waals surface area contributed by atoms with Crippen molar-refractivity contribution in [3.05, 3.63) is 0 Å². The normalized spacial score (nSPS) is 20.1. The summed E-state index contributed by atoms with van der Waals surface area (Å²) in [4.78, 5) is 13.5. The highest BCUT2D eigenvalue weighted by Crippen LogP contribution is 2.51. The van der Waals surface area contributed by atoms with Crippen molar-refractivity contribution in [2.75, 3.05) is 13.1 Å². The Bertz CT molecular complexity index is 267. The van der Waals surface area contributed by atoms with Crippen LogP contribution >= 0.6 is 0 Å². The molecule has 1 aliphatic carbocycles. The number of nitrogens with zero attached hydrogens (tertiary/aromatic N) is 1.